The van der Waals surface area contributed by atoms with Gasteiger partial charge in [0.25, 0.3) is 11.7 Å². The summed E-state index contributed by atoms with van der Waals surface area (Å²) in [4.78, 5) is 28.1. The Morgan fingerprint density at radius 1 is 0.972 bits per heavy atom. The van der Waals surface area contributed by atoms with E-state index in [0.29, 0.717) is 34.4 Å². The predicted molar refractivity (Wildman–Crippen MR) is 138 cm³/mol. The molecule has 0 spiro atoms. The van der Waals surface area contributed by atoms with Crippen molar-refractivity contribution in [2.75, 3.05) is 25.7 Å². The summed E-state index contributed by atoms with van der Waals surface area (Å²) in [5, 5.41) is 12.1. The normalized spacial score (nSPS) is 16.8. The maximum absolute atomic E-state index is 13.4. The van der Waals surface area contributed by atoms with Gasteiger partial charge in [-0.25, -0.2) is 0 Å². The minimum Gasteiger partial charge on any atom is -0.507 e. The molecule has 1 unspecified atom stereocenters. The maximum Gasteiger partial charge on any atom is 0.300 e. The summed E-state index contributed by atoms with van der Waals surface area (Å²) >= 11 is 12.4. The van der Waals surface area contributed by atoms with Crippen LogP contribution < -0.4 is 19.1 Å². The number of Topliss-reactive ketones (excluding diaryl/α,β-unsaturated/α-hetero) is 1. The number of methoxy groups -OCH3 is 2. The summed E-state index contributed by atoms with van der Waals surface area (Å²) in [7, 11) is 2.86. The van der Waals surface area contributed by atoms with E-state index in [-0.39, 0.29) is 21.9 Å². The second-order valence-electron chi connectivity index (χ2n) is 7.84. The summed E-state index contributed by atoms with van der Waals surface area (Å²) in [5.74, 6) is -0.992. The number of amides is 1. The van der Waals surface area contributed by atoms with E-state index in [1.807, 2.05) is 6.92 Å². The minimum atomic E-state index is -0.961. The van der Waals surface area contributed by atoms with Crippen LogP contribution in [0.1, 0.15) is 24.1 Å². The molecule has 1 amide bonds. The van der Waals surface area contributed by atoms with Crippen molar-refractivity contribution in [1.29, 1.82) is 0 Å². The standard InChI is InChI=1S/C27H23Cl2NO6/c1-4-36-18-7-5-6-15(12-18)24-23(25(31)19-13-20(29)22(35-3)14-21(19)34-2)26(32)27(33)30(24)17-10-8-16(28)9-11-17/h5-14,24,31H,4H2,1-3H3/b25-23+. The van der Waals surface area contributed by atoms with E-state index in [2.05, 4.69) is 0 Å². The molecule has 0 bridgehead atoms. The zero-order valence-electron chi connectivity index (χ0n) is 19.7. The Kier molecular flexibility index (Phi) is 7.43. The first-order chi connectivity index (χ1) is 17.3. The number of aliphatic hydroxyl groups excluding tert-OH is 1. The van der Waals surface area contributed by atoms with Gasteiger partial charge in [0.05, 0.1) is 43.0 Å². The van der Waals surface area contributed by atoms with Crippen LogP contribution in [-0.2, 0) is 9.59 Å². The summed E-state index contributed by atoms with van der Waals surface area (Å²) in [6.45, 7) is 2.29. The maximum atomic E-state index is 13.4. The first-order valence-electron chi connectivity index (χ1n) is 11.0. The van der Waals surface area contributed by atoms with Crippen molar-refractivity contribution in [2.45, 2.75) is 13.0 Å². The number of halogens is 2. The van der Waals surface area contributed by atoms with Crippen LogP contribution in [0, 0.1) is 0 Å². The van der Waals surface area contributed by atoms with Crippen molar-refractivity contribution in [3.8, 4) is 17.2 Å². The molecule has 1 heterocycles. The van der Waals surface area contributed by atoms with Crippen molar-refractivity contribution < 1.29 is 28.9 Å². The van der Waals surface area contributed by atoms with Crippen LogP contribution in [0.3, 0.4) is 0 Å². The van der Waals surface area contributed by atoms with Crippen LogP contribution in [0.4, 0.5) is 5.69 Å². The van der Waals surface area contributed by atoms with Crippen LogP contribution in [-0.4, -0.2) is 37.6 Å². The minimum absolute atomic E-state index is 0.122. The molecule has 1 fully saturated rings. The molecular formula is C27H23Cl2NO6. The highest BCUT2D eigenvalue weighted by Gasteiger charge is 2.47. The van der Waals surface area contributed by atoms with Gasteiger partial charge in [-0.1, -0.05) is 35.3 Å². The molecule has 186 valence electrons. The second kappa shape index (κ2) is 10.5. The molecular weight excluding hydrogens is 505 g/mol. The molecule has 7 nitrogen and oxygen atoms in total. The fourth-order valence-electron chi connectivity index (χ4n) is 4.15. The fourth-order valence-corrected chi connectivity index (χ4v) is 4.51. The van der Waals surface area contributed by atoms with Gasteiger partial charge in [0.15, 0.2) is 0 Å². The van der Waals surface area contributed by atoms with Crippen molar-refractivity contribution in [3.05, 3.63) is 87.4 Å². The van der Waals surface area contributed by atoms with Gasteiger partial charge in [-0.05, 0) is 55.0 Å². The van der Waals surface area contributed by atoms with Crippen LogP contribution >= 0.6 is 23.2 Å². The monoisotopic (exact) mass is 527 g/mol. The number of nitrogens with zero attached hydrogens (tertiary/aromatic N) is 1. The number of aliphatic hydroxyl groups is 1. The van der Waals surface area contributed by atoms with Crippen LogP contribution in [0.15, 0.2) is 66.2 Å². The third-order valence-corrected chi connectivity index (χ3v) is 6.31. The molecule has 0 saturated carbocycles. The van der Waals surface area contributed by atoms with E-state index >= 15 is 0 Å². The Labute approximate surface area is 218 Å². The highest BCUT2D eigenvalue weighted by molar-refractivity contribution is 6.51. The third-order valence-electron chi connectivity index (χ3n) is 5.76. The summed E-state index contributed by atoms with van der Waals surface area (Å²) in [5.41, 5.74) is 1.02. The van der Waals surface area contributed by atoms with Crippen molar-refractivity contribution >= 4 is 46.3 Å². The second-order valence-corrected chi connectivity index (χ2v) is 8.68. The summed E-state index contributed by atoms with van der Waals surface area (Å²) in [6.07, 6.45) is 0. The largest absolute Gasteiger partial charge is 0.507 e. The topological polar surface area (TPSA) is 85.3 Å². The van der Waals surface area contributed by atoms with Gasteiger partial charge < -0.3 is 19.3 Å². The smallest absolute Gasteiger partial charge is 0.300 e. The molecule has 0 aromatic heterocycles. The van der Waals surface area contributed by atoms with Crippen molar-refractivity contribution in [2.24, 2.45) is 0 Å². The lowest BCUT2D eigenvalue weighted by atomic mass is 9.94. The number of ether oxygens (including phenoxy) is 3. The van der Waals surface area contributed by atoms with Gasteiger partial charge in [0.1, 0.15) is 23.0 Å². The van der Waals surface area contributed by atoms with Crippen LogP contribution in [0.25, 0.3) is 5.76 Å². The highest BCUT2D eigenvalue weighted by atomic mass is 35.5. The Bertz CT molecular complexity index is 1350. The lowest BCUT2D eigenvalue weighted by molar-refractivity contribution is -0.132. The number of anilines is 1. The SMILES string of the molecule is CCOc1cccc(C2/C(=C(\O)c3cc(Cl)c(OC)cc3OC)C(=O)C(=O)N2c2ccc(Cl)cc2)c1. The van der Waals surface area contributed by atoms with E-state index in [4.69, 9.17) is 37.4 Å². The molecule has 4 rings (SSSR count). The molecule has 1 aliphatic heterocycles. The lowest BCUT2D eigenvalue weighted by Crippen LogP contribution is -2.29. The molecule has 36 heavy (non-hydrogen) atoms. The molecule has 1 N–H and O–H groups in total. The molecule has 0 aliphatic carbocycles. The van der Waals surface area contributed by atoms with Gasteiger partial charge in [0, 0.05) is 16.8 Å². The van der Waals surface area contributed by atoms with Gasteiger partial charge in [-0.2, -0.15) is 0 Å². The van der Waals surface area contributed by atoms with E-state index in [9.17, 15) is 14.7 Å². The van der Waals surface area contributed by atoms with Gasteiger partial charge in [0.2, 0.25) is 0 Å². The van der Waals surface area contributed by atoms with Gasteiger partial charge in [-0.15, -0.1) is 0 Å². The number of carbonyl (C=O) groups is 2. The van der Waals surface area contributed by atoms with Gasteiger partial charge in [-0.3, -0.25) is 14.5 Å². The van der Waals surface area contributed by atoms with E-state index in [0.717, 1.165) is 0 Å². The molecule has 3 aromatic carbocycles. The zero-order chi connectivity index (χ0) is 26.0. The summed E-state index contributed by atoms with van der Waals surface area (Å²) < 4.78 is 16.3. The van der Waals surface area contributed by atoms with E-state index < -0.39 is 23.5 Å². The number of benzene rings is 3. The third kappa shape index (κ3) is 4.59. The fraction of sp³-hybridized carbons (Fsp3) is 0.185. The highest BCUT2D eigenvalue weighted by Crippen LogP contribution is 2.45. The lowest BCUT2D eigenvalue weighted by Gasteiger charge is -2.26. The molecule has 9 heteroatoms. The van der Waals surface area contributed by atoms with Crippen LogP contribution in [0.2, 0.25) is 10.0 Å². The predicted octanol–water partition coefficient (Wildman–Crippen LogP) is 6.04. The number of hydrogen-bond donors (Lipinski definition) is 1. The first kappa shape index (κ1) is 25.4. The summed E-state index contributed by atoms with van der Waals surface area (Å²) in [6, 6.07) is 15.5. The Balaban J connectivity index is 1.98. The Hall–Kier alpha value is -3.68. The zero-order valence-corrected chi connectivity index (χ0v) is 21.3. The average molecular weight is 528 g/mol. The Morgan fingerprint density at radius 3 is 2.31 bits per heavy atom. The van der Waals surface area contributed by atoms with Gasteiger partial charge >= 0.3 is 0 Å². The van der Waals surface area contributed by atoms with E-state index in [1.54, 1.807) is 48.5 Å². The Morgan fingerprint density at radius 2 is 1.67 bits per heavy atom. The van der Waals surface area contributed by atoms with Crippen molar-refractivity contribution in [1.82, 2.24) is 0 Å². The molecule has 1 saturated heterocycles. The van der Waals surface area contributed by atoms with E-state index in [1.165, 1.54) is 31.3 Å². The molecule has 1 aliphatic rings. The first-order valence-corrected chi connectivity index (χ1v) is 11.8. The molecule has 0 radical (unpaired) electrons. The van der Waals surface area contributed by atoms with Crippen molar-refractivity contribution in [3.63, 3.8) is 0 Å². The number of hydrogen-bond acceptors (Lipinski definition) is 6. The number of rotatable bonds is 7. The molecule has 3 aromatic rings. The quantitative estimate of drug-likeness (QED) is 0.229. The number of ketones is 1. The number of carbonyl (C=O) groups excluding carboxylic acids is 2. The molecule has 1 atom stereocenters. The average Bonchev–Trinajstić information content (AvgIpc) is 3.14. The van der Waals surface area contributed by atoms with Crippen LogP contribution in [0.5, 0.6) is 17.2 Å².